The summed E-state index contributed by atoms with van der Waals surface area (Å²) in [6.45, 7) is 1.99. The summed E-state index contributed by atoms with van der Waals surface area (Å²) in [6.07, 6.45) is 1.85. The van der Waals surface area contributed by atoms with Gasteiger partial charge in [-0.15, -0.1) is 0 Å². The van der Waals surface area contributed by atoms with Gasteiger partial charge >= 0.3 is 0 Å². The molecule has 0 bridgehead atoms. The van der Waals surface area contributed by atoms with Crippen LogP contribution in [0.3, 0.4) is 0 Å². The highest BCUT2D eigenvalue weighted by molar-refractivity contribution is 9.10. The van der Waals surface area contributed by atoms with Crippen molar-refractivity contribution in [2.24, 2.45) is 0 Å². The lowest BCUT2D eigenvalue weighted by molar-refractivity contribution is 0.630. The fourth-order valence-corrected chi connectivity index (χ4v) is 2.67. The number of nitrogens with zero attached hydrogens (tertiary/aromatic N) is 2. The number of fused-ring (bicyclic) bond motifs is 1. The SMILES string of the molecule is Cc1c(Br)ccc2nc(-c3cc(Br)ccc3F)cn12. The number of hydrogen-bond donors (Lipinski definition) is 0. The Kier molecular flexibility index (Phi) is 3.19. The molecule has 0 aliphatic carbocycles. The van der Waals surface area contributed by atoms with Crippen LogP contribution < -0.4 is 0 Å². The molecule has 0 saturated heterocycles. The highest BCUT2D eigenvalue weighted by atomic mass is 79.9. The lowest BCUT2D eigenvalue weighted by Gasteiger charge is -2.01. The highest BCUT2D eigenvalue weighted by Gasteiger charge is 2.11. The average Bonchev–Trinajstić information content (AvgIpc) is 2.81. The number of rotatable bonds is 1. The second-order valence-corrected chi connectivity index (χ2v) is 6.02. The summed E-state index contributed by atoms with van der Waals surface area (Å²) in [4.78, 5) is 4.47. The van der Waals surface area contributed by atoms with Gasteiger partial charge in [0.25, 0.3) is 0 Å². The van der Waals surface area contributed by atoms with Gasteiger partial charge in [-0.1, -0.05) is 15.9 Å². The Morgan fingerprint density at radius 3 is 2.74 bits per heavy atom. The molecular weight excluding hydrogens is 375 g/mol. The molecule has 2 aromatic heterocycles. The van der Waals surface area contributed by atoms with Crippen LogP contribution in [0.5, 0.6) is 0 Å². The maximum absolute atomic E-state index is 13.9. The molecule has 96 valence electrons. The lowest BCUT2D eigenvalue weighted by atomic mass is 10.1. The number of pyridine rings is 1. The molecular formula is C14H9Br2FN2. The van der Waals surface area contributed by atoms with Gasteiger partial charge in [0.05, 0.1) is 5.69 Å². The van der Waals surface area contributed by atoms with Crippen molar-refractivity contribution in [3.8, 4) is 11.3 Å². The Labute approximate surface area is 126 Å². The maximum Gasteiger partial charge on any atom is 0.137 e. The van der Waals surface area contributed by atoms with Gasteiger partial charge in [0.2, 0.25) is 0 Å². The molecule has 0 aliphatic rings. The van der Waals surface area contributed by atoms with Gasteiger partial charge in [0.1, 0.15) is 11.5 Å². The van der Waals surface area contributed by atoms with Crippen molar-refractivity contribution >= 4 is 37.5 Å². The van der Waals surface area contributed by atoms with Crippen molar-refractivity contribution in [3.05, 3.63) is 57.0 Å². The molecule has 19 heavy (non-hydrogen) atoms. The molecule has 0 saturated carbocycles. The first-order valence-electron chi connectivity index (χ1n) is 5.66. The first-order valence-corrected chi connectivity index (χ1v) is 7.24. The molecule has 0 N–H and O–H groups in total. The van der Waals surface area contributed by atoms with E-state index >= 15 is 0 Å². The third-order valence-corrected chi connectivity index (χ3v) is 4.35. The van der Waals surface area contributed by atoms with E-state index in [0.717, 1.165) is 20.3 Å². The van der Waals surface area contributed by atoms with Crippen molar-refractivity contribution in [3.63, 3.8) is 0 Å². The van der Waals surface area contributed by atoms with E-state index in [2.05, 4.69) is 36.8 Å². The zero-order valence-electron chi connectivity index (χ0n) is 9.99. The molecule has 2 nitrogen and oxygen atoms in total. The van der Waals surface area contributed by atoms with Crippen LogP contribution >= 0.6 is 31.9 Å². The molecule has 0 unspecified atom stereocenters. The molecule has 3 aromatic rings. The van der Waals surface area contributed by atoms with E-state index in [0.29, 0.717) is 11.3 Å². The fourth-order valence-electron chi connectivity index (χ4n) is 1.99. The largest absolute Gasteiger partial charge is 0.303 e. The van der Waals surface area contributed by atoms with E-state index < -0.39 is 0 Å². The summed E-state index contributed by atoms with van der Waals surface area (Å²) in [7, 11) is 0. The minimum Gasteiger partial charge on any atom is -0.303 e. The summed E-state index contributed by atoms with van der Waals surface area (Å²) in [5, 5.41) is 0. The Hall–Kier alpha value is -1.20. The van der Waals surface area contributed by atoms with Crippen molar-refractivity contribution in [2.45, 2.75) is 6.92 Å². The van der Waals surface area contributed by atoms with Gasteiger partial charge in [-0.3, -0.25) is 0 Å². The first-order chi connectivity index (χ1) is 9.06. The third-order valence-electron chi connectivity index (χ3n) is 3.02. The normalized spacial score (nSPS) is 11.2. The summed E-state index contributed by atoms with van der Waals surface area (Å²) in [5.74, 6) is -0.275. The fraction of sp³-hybridized carbons (Fsp3) is 0.0714. The molecule has 0 spiro atoms. The van der Waals surface area contributed by atoms with E-state index in [9.17, 15) is 4.39 Å². The molecule has 2 heterocycles. The standard InChI is InChI=1S/C14H9Br2FN2/c1-8-11(16)3-5-14-18-13(7-19(8)14)10-6-9(15)2-4-12(10)17/h2-7H,1H3. The molecule has 0 atom stereocenters. The number of halogens is 3. The van der Waals surface area contributed by atoms with E-state index in [-0.39, 0.29) is 5.82 Å². The van der Waals surface area contributed by atoms with E-state index in [1.54, 1.807) is 12.1 Å². The van der Waals surface area contributed by atoms with Crippen LogP contribution in [0.15, 0.2) is 45.5 Å². The smallest absolute Gasteiger partial charge is 0.137 e. The van der Waals surface area contributed by atoms with Crippen LogP contribution in [-0.4, -0.2) is 9.38 Å². The molecule has 0 aliphatic heterocycles. The van der Waals surface area contributed by atoms with Crippen molar-refractivity contribution < 1.29 is 4.39 Å². The number of aryl methyl sites for hydroxylation is 1. The van der Waals surface area contributed by atoms with E-state index in [4.69, 9.17) is 0 Å². The molecule has 0 radical (unpaired) electrons. The number of imidazole rings is 1. The summed E-state index contributed by atoms with van der Waals surface area (Å²) in [5.41, 5.74) is 2.95. The summed E-state index contributed by atoms with van der Waals surface area (Å²) >= 11 is 6.83. The molecule has 3 rings (SSSR count). The van der Waals surface area contributed by atoms with Gasteiger partial charge in [-0.25, -0.2) is 9.37 Å². The Balaban J connectivity index is 2.26. The molecule has 5 heteroatoms. The maximum atomic E-state index is 13.9. The third kappa shape index (κ3) is 2.21. The van der Waals surface area contributed by atoms with Gasteiger partial charge < -0.3 is 4.40 Å². The second-order valence-electron chi connectivity index (χ2n) is 4.25. The number of benzene rings is 1. The van der Waals surface area contributed by atoms with Crippen LogP contribution in [0.4, 0.5) is 4.39 Å². The van der Waals surface area contributed by atoms with Crippen LogP contribution in [0, 0.1) is 12.7 Å². The number of aromatic nitrogens is 2. The molecule has 0 amide bonds. The summed E-state index contributed by atoms with van der Waals surface area (Å²) in [6, 6.07) is 8.69. The monoisotopic (exact) mass is 382 g/mol. The predicted octanol–water partition coefficient (Wildman–Crippen LogP) is 4.97. The Morgan fingerprint density at radius 1 is 1.16 bits per heavy atom. The van der Waals surface area contributed by atoms with Gasteiger partial charge in [-0.05, 0) is 53.2 Å². The van der Waals surface area contributed by atoms with Crippen molar-refractivity contribution in [1.82, 2.24) is 9.38 Å². The van der Waals surface area contributed by atoms with Crippen LogP contribution in [0.2, 0.25) is 0 Å². The first kappa shape index (κ1) is 12.8. The van der Waals surface area contributed by atoms with E-state index in [1.165, 1.54) is 6.07 Å². The van der Waals surface area contributed by atoms with Gasteiger partial charge in [0.15, 0.2) is 0 Å². The van der Waals surface area contributed by atoms with Gasteiger partial charge in [0, 0.05) is 26.4 Å². The quantitative estimate of drug-likeness (QED) is 0.579. The topological polar surface area (TPSA) is 17.3 Å². The zero-order chi connectivity index (χ0) is 13.6. The predicted molar refractivity (Wildman–Crippen MR) is 80.7 cm³/mol. The minimum atomic E-state index is -0.275. The van der Waals surface area contributed by atoms with Crippen LogP contribution in [-0.2, 0) is 0 Å². The van der Waals surface area contributed by atoms with Crippen molar-refractivity contribution in [2.75, 3.05) is 0 Å². The van der Waals surface area contributed by atoms with Crippen LogP contribution in [0.1, 0.15) is 5.69 Å². The Bertz CT molecular complexity index is 780. The highest BCUT2D eigenvalue weighted by Crippen LogP contribution is 2.27. The van der Waals surface area contributed by atoms with Crippen LogP contribution in [0.25, 0.3) is 16.9 Å². The number of hydrogen-bond acceptors (Lipinski definition) is 1. The molecule has 0 fully saturated rings. The minimum absolute atomic E-state index is 0.275. The Morgan fingerprint density at radius 2 is 1.95 bits per heavy atom. The van der Waals surface area contributed by atoms with Gasteiger partial charge in [-0.2, -0.15) is 0 Å². The van der Waals surface area contributed by atoms with E-state index in [1.807, 2.05) is 29.7 Å². The zero-order valence-corrected chi connectivity index (χ0v) is 13.2. The lowest BCUT2D eigenvalue weighted by Crippen LogP contribution is -1.89. The summed E-state index contributed by atoms with van der Waals surface area (Å²) < 4.78 is 17.7. The average molecular weight is 384 g/mol. The second kappa shape index (κ2) is 4.72. The molecule has 1 aromatic carbocycles. The van der Waals surface area contributed by atoms with Crippen molar-refractivity contribution in [1.29, 1.82) is 0 Å².